The Morgan fingerprint density at radius 1 is 1.33 bits per heavy atom. The van der Waals surface area contributed by atoms with Crippen molar-refractivity contribution < 1.29 is 5.11 Å². The number of hydrogen-bond acceptors (Lipinski definition) is 3. The number of aliphatic hydroxyl groups is 1. The zero-order valence-corrected chi connectivity index (χ0v) is 11.5. The molecule has 1 aromatic rings. The molecule has 0 radical (unpaired) electrons. The molecular formula is C15H24N2O. The maximum atomic E-state index is 9.52. The Morgan fingerprint density at radius 2 is 2.06 bits per heavy atom. The lowest BCUT2D eigenvalue weighted by Crippen LogP contribution is -2.41. The van der Waals surface area contributed by atoms with Crippen molar-refractivity contribution in [1.29, 1.82) is 0 Å². The maximum Gasteiger partial charge on any atom is 0.0544 e. The third-order valence-corrected chi connectivity index (χ3v) is 4.36. The van der Waals surface area contributed by atoms with Crippen LogP contribution in [-0.4, -0.2) is 34.7 Å². The fourth-order valence-corrected chi connectivity index (χ4v) is 2.63. The summed E-state index contributed by atoms with van der Waals surface area (Å²) in [5.74, 6) is 0. The highest BCUT2D eigenvalue weighted by Crippen LogP contribution is 2.34. The molecule has 3 nitrogen and oxygen atoms in total. The average molecular weight is 248 g/mol. The highest BCUT2D eigenvalue weighted by molar-refractivity contribution is 5.12. The number of aliphatic hydroxyl groups excluding tert-OH is 1. The molecule has 0 spiro atoms. The first-order chi connectivity index (χ1) is 8.67. The third-order valence-electron chi connectivity index (χ3n) is 4.36. The van der Waals surface area contributed by atoms with Crippen molar-refractivity contribution in [3.05, 3.63) is 29.6 Å². The monoisotopic (exact) mass is 248 g/mol. The third kappa shape index (κ3) is 3.09. The highest BCUT2D eigenvalue weighted by atomic mass is 16.3. The van der Waals surface area contributed by atoms with Gasteiger partial charge in [-0.25, -0.2) is 0 Å². The van der Waals surface area contributed by atoms with Crippen LogP contribution in [0.5, 0.6) is 0 Å². The highest BCUT2D eigenvalue weighted by Gasteiger charge is 2.32. The van der Waals surface area contributed by atoms with Crippen LogP contribution in [0.25, 0.3) is 0 Å². The van der Waals surface area contributed by atoms with Gasteiger partial charge in [-0.2, -0.15) is 0 Å². The van der Waals surface area contributed by atoms with Gasteiger partial charge in [-0.05, 0) is 56.3 Å². The molecule has 1 fully saturated rings. The Hall–Kier alpha value is -0.930. The van der Waals surface area contributed by atoms with Crippen molar-refractivity contribution in [3.8, 4) is 0 Å². The molecule has 0 bridgehead atoms. The van der Waals surface area contributed by atoms with Crippen molar-refractivity contribution in [2.24, 2.45) is 5.41 Å². The molecule has 0 atom stereocenters. The number of pyridine rings is 1. The van der Waals surface area contributed by atoms with E-state index in [0.29, 0.717) is 6.61 Å². The SMILES string of the molecule is CCC1(CO)CCN(Cc2ccc(C)cn2)CC1. The summed E-state index contributed by atoms with van der Waals surface area (Å²) in [5, 5.41) is 9.52. The van der Waals surface area contributed by atoms with Crippen LogP contribution in [0.1, 0.15) is 37.4 Å². The van der Waals surface area contributed by atoms with Crippen LogP contribution in [-0.2, 0) is 6.54 Å². The van der Waals surface area contributed by atoms with E-state index in [9.17, 15) is 5.11 Å². The molecule has 0 aromatic carbocycles. The zero-order valence-electron chi connectivity index (χ0n) is 11.5. The van der Waals surface area contributed by atoms with Crippen LogP contribution in [0.4, 0.5) is 0 Å². The molecule has 1 N–H and O–H groups in total. The van der Waals surface area contributed by atoms with Gasteiger partial charge in [0.15, 0.2) is 0 Å². The van der Waals surface area contributed by atoms with E-state index in [0.717, 1.165) is 44.6 Å². The lowest BCUT2D eigenvalue weighted by molar-refractivity contribution is 0.0378. The van der Waals surface area contributed by atoms with Gasteiger partial charge in [0.2, 0.25) is 0 Å². The minimum Gasteiger partial charge on any atom is -0.396 e. The maximum absolute atomic E-state index is 9.52. The number of aromatic nitrogens is 1. The first-order valence-corrected chi connectivity index (χ1v) is 6.92. The van der Waals surface area contributed by atoms with E-state index in [1.807, 2.05) is 6.20 Å². The second-order valence-corrected chi connectivity index (χ2v) is 5.61. The lowest BCUT2D eigenvalue weighted by atomic mass is 9.77. The van der Waals surface area contributed by atoms with Gasteiger partial charge < -0.3 is 5.11 Å². The molecule has 2 heterocycles. The Bertz CT molecular complexity index is 361. The lowest BCUT2D eigenvalue weighted by Gasteiger charge is -2.40. The first-order valence-electron chi connectivity index (χ1n) is 6.92. The second-order valence-electron chi connectivity index (χ2n) is 5.61. The topological polar surface area (TPSA) is 36.4 Å². The number of rotatable bonds is 4. The minimum atomic E-state index is 0.178. The molecule has 2 rings (SSSR count). The molecule has 3 heteroatoms. The smallest absolute Gasteiger partial charge is 0.0544 e. The van der Waals surface area contributed by atoms with E-state index in [1.54, 1.807) is 0 Å². The standard InChI is InChI=1S/C15H24N2O/c1-3-15(12-18)6-8-17(9-7-15)11-14-5-4-13(2)10-16-14/h4-5,10,18H,3,6-9,11-12H2,1-2H3. The number of aryl methyl sites for hydroxylation is 1. The van der Waals surface area contributed by atoms with Crippen LogP contribution >= 0.6 is 0 Å². The molecule has 1 aliphatic heterocycles. The predicted octanol–water partition coefficient (Wildman–Crippen LogP) is 2.37. The quantitative estimate of drug-likeness (QED) is 0.888. The predicted molar refractivity (Wildman–Crippen MR) is 73.3 cm³/mol. The van der Waals surface area contributed by atoms with E-state index >= 15 is 0 Å². The summed E-state index contributed by atoms with van der Waals surface area (Å²) in [4.78, 5) is 6.90. The van der Waals surface area contributed by atoms with Crippen molar-refractivity contribution >= 4 is 0 Å². The Kier molecular flexibility index (Phi) is 4.36. The second kappa shape index (κ2) is 5.81. The summed E-state index contributed by atoms with van der Waals surface area (Å²) >= 11 is 0. The summed E-state index contributed by atoms with van der Waals surface area (Å²) in [6.07, 6.45) is 5.22. The molecular weight excluding hydrogens is 224 g/mol. The molecule has 0 aliphatic carbocycles. The van der Waals surface area contributed by atoms with Gasteiger partial charge in [-0.1, -0.05) is 13.0 Å². The fraction of sp³-hybridized carbons (Fsp3) is 0.667. The summed E-state index contributed by atoms with van der Waals surface area (Å²) in [6, 6.07) is 4.24. The summed E-state index contributed by atoms with van der Waals surface area (Å²) < 4.78 is 0. The summed E-state index contributed by atoms with van der Waals surface area (Å²) in [7, 11) is 0. The normalized spacial score (nSPS) is 19.9. The largest absolute Gasteiger partial charge is 0.396 e. The van der Waals surface area contributed by atoms with Crippen LogP contribution in [0.15, 0.2) is 18.3 Å². The van der Waals surface area contributed by atoms with Crippen LogP contribution in [0.3, 0.4) is 0 Å². The zero-order chi connectivity index (χ0) is 13.0. The Balaban J connectivity index is 1.88. The minimum absolute atomic E-state index is 0.178. The van der Waals surface area contributed by atoms with Crippen LogP contribution < -0.4 is 0 Å². The summed E-state index contributed by atoms with van der Waals surface area (Å²) in [6.45, 7) is 7.67. The average Bonchev–Trinajstić information content (AvgIpc) is 2.43. The van der Waals surface area contributed by atoms with Gasteiger partial charge in [-0.15, -0.1) is 0 Å². The van der Waals surface area contributed by atoms with Crippen molar-refractivity contribution in [2.45, 2.75) is 39.7 Å². The van der Waals surface area contributed by atoms with Crippen molar-refractivity contribution in [3.63, 3.8) is 0 Å². The van der Waals surface area contributed by atoms with Gasteiger partial charge in [0, 0.05) is 19.3 Å². The van der Waals surface area contributed by atoms with Crippen molar-refractivity contribution in [2.75, 3.05) is 19.7 Å². The Labute approximate surface area is 110 Å². The first kappa shape index (κ1) is 13.5. The fourth-order valence-electron chi connectivity index (χ4n) is 2.63. The van der Waals surface area contributed by atoms with E-state index in [2.05, 4.69) is 35.9 Å². The molecule has 0 saturated carbocycles. The van der Waals surface area contributed by atoms with Crippen LogP contribution in [0, 0.1) is 12.3 Å². The van der Waals surface area contributed by atoms with Crippen LogP contribution in [0.2, 0.25) is 0 Å². The molecule has 0 unspecified atom stereocenters. The van der Waals surface area contributed by atoms with E-state index in [4.69, 9.17) is 0 Å². The van der Waals surface area contributed by atoms with Gasteiger partial charge in [0.05, 0.1) is 5.69 Å². The van der Waals surface area contributed by atoms with E-state index in [-0.39, 0.29) is 5.41 Å². The number of hydrogen-bond donors (Lipinski definition) is 1. The van der Waals surface area contributed by atoms with Gasteiger partial charge in [0.25, 0.3) is 0 Å². The van der Waals surface area contributed by atoms with E-state index in [1.165, 1.54) is 5.56 Å². The number of nitrogens with zero attached hydrogens (tertiary/aromatic N) is 2. The van der Waals surface area contributed by atoms with Gasteiger partial charge >= 0.3 is 0 Å². The van der Waals surface area contributed by atoms with E-state index < -0.39 is 0 Å². The molecule has 18 heavy (non-hydrogen) atoms. The molecule has 0 amide bonds. The molecule has 1 aromatic heterocycles. The van der Waals surface area contributed by atoms with Gasteiger partial charge in [-0.3, -0.25) is 9.88 Å². The summed E-state index contributed by atoms with van der Waals surface area (Å²) in [5.41, 5.74) is 2.54. The number of piperidine rings is 1. The van der Waals surface area contributed by atoms with Crippen molar-refractivity contribution in [1.82, 2.24) is 9.88 Å². The molecule has 100 valence electrons. The molecule has 1 saturated heterocycles. The molecule has 1 aliphatic rings. The van der Waals surface area contributed by atoms with Gasteiger partial charge in [0.1, 0.15) is 0 Å². The Morgan fingerprint density at radius 3 is 2.56 bits per heavy atom. The number of likely N-dealkylation sites (tertiary alicyclic amines) is 1.